The topological polar surface area (TPSA) is 97.2 Å². The molecule has 2 atom stereocenters. The predicted octanol–water partition coefficient (Wildman–Crippen LogP) is 0.903. The van der Waals surface area contributed by atoms with Gasteiger partial charge in [-0.25, -0.2) is 31.4 Å². The van der Waals surface area contributed by atoms with Crippen LogP contribution in [0, 0.1) is 5.82 Å². The lowest BCUT2D eigenvalue weighted by Gasteiger charge is -2.15. The van der Waals surface area contributed by atoms with Crippen LogP contribution in [-0.2, 0) is 17.1 Å². The van der Waals surface area contributed by atoms with E-state index >= 15 is 0 Å². The van der Waals surface area contributed by atoms with Crippen LogP contribution in [0.4, 0.5) is 8.78 Å². The quantitative estimate of drug-likeness (QED) is 0.624. The number of aryl methyl sites for hydroxylation is 1. The lowest BCUT2D eigenvalue weighted by Crippen LogP contribution is -2.38. The summed E-state index contributed by atoms with van der Waals surface area (Å²) in [4.78, 5) is 12.0. The monoisotopic (exact) mass is 419 g/mol. The zero-order chi connectivity index (χ0) is 19.6. The standard InChI is InChI=1S/C15H19F2N5O3S2/c1-8-18-13(26-19-8)22-11-6-12(9(17)5-10(11)21(2)14(22)23)27(24,25)20-15(7-16)3-4-15/h5-6,8,13,18-20H,3-4,7H2,1-2H3. The summed E-state index contributed by atoms with van der Waals surface area (Å²) in [6, 6.07) is 2.15. The maximum atomic E-state index is 14.6. The van der Waals surface area contributed by atoms with Gasteiger partial charge < -0.3 is 0 Å². The largest absolute Gasteiger partial charge is 0.330 e. The van der Waals surface area contributed by atoms with Gasteiger partial charge in [0.05, 0.1) is 22.7 Å². The molecule has 4 rings (SSSR count). The van der Waals surface area contributed by atoms with Gasteiger partial charge >= 0.3 is 5.69 Å². The fourth-order valence-corrected chi connectivity index (χ4v) is 5.63. The lowest BCUT2D eigenvalue weighted by molar-refractivity contribution is 0.392. The highest BCUT2D eigenvalue weighted by Crippen LogP contribution is 2.38. The van der Waals surface area contributed by atoms with Crippen molar-refractivity contribution >= 4 is 33.0 Å². The first kappa shape index (κ1) is 18.9. The van der Waals surface area contributed by atoms with Crippen molar-refractivity contribution in [3.05, 3.63) is 28.4 Å². The molecule has 1 aliphatic heterocycles. The number of hydrogen-bond donors (Lipinski definition) is 3. The van der Waals surface area contributed by atoms with Gasteiger partial charge in [-0.2, -0.15) is 0 Å². The Hall–Kier alpha value is -1.47. The minimum absolute atomic E-state index is 0.0632. The van der Waals surface area contributed by atoms with E-state index in [0.29, 0.717) is 12.8 Å². The Morgan fingerprint density at radius 1 is 1.37 bits per heavy atom. The Balaban J connectivity index is 1.86. The zero-order valence-corrected chi connectivity index (χ0v) is 16.3. The molecule has 27 heavy (non-hydrogen) atoms. The smallest absolute Gasteiger partial charge is 0.295 e. The highest BCUT2D eigenvalue weighted by molar-refractivity contribution is 7.97. The van der Waals surface area contributed by atoms with Crippen LogP contribution in [0.15, 0.2) is 21.8 Å². The van der Waals surface area contributed by atoms with E-state index in [4.69, 9.17) is 0 Å². The summed E-state index contributed by atoms with van der Waals surface area (Å²) in [7, 11) is -2.78. The second-order valence-electron chi connectivity index (χ2n) is 6.98. The molecule has 1 saturated heterocycles. The molecular formula is C15H19F2N5O3S2. The van der Waals surface area contributed by atoms with E-state index in [1.54, 1.807) is 0 Å². The summed E-state index contributed by atoms with van der Waals surface area (Å²) >= 11 is 1.27. The van der Waals surface area contributed by atoms with Gasteiger partial charge in [-0.05, 0) is 37.8 Å². The van der Waals surface area contributed by atoms with E-state index in [2.05, 4.69) is 14.8 Å². The number of aromatic nitrogens is 2. The van der Waals surface area contributed by atoms with E-state index in [1.165, 1.54) is 28.1 Å². The van der Waals surface area contributed by atoms with Crippen molar-refractivity contribution in [1.82, 2.24) is 23.9 Å². The van der Waals surface area contributed by atoms with Crippen molar-refractivity contribution in [2.24, 2.45) is 7.05 Å². The van der Waals surface area contributed by atoms with E-state index in [1.807, 2.05) is 6.92 Å². The Morgan fingerprint density at radius 3 is 2.63 bits per heavy atom. The number of sulfonamides is 1. The first-order valence-corrected chi connectivity index (χ1v) is 10.7. The van der Waals surface area contributed by atoms with Crippen LogP contribution in [0.3, 0.4) is 0 Å². The number of halogens is 2. The molecule has 1 saturated carbocycles. The maximum absolute atomic E-state index is 14.6. The highest BCUT2D eigenvalue weighted by Gasteiger charge is 2.47. The van der Waals surface area contributed by atoms with Gasteiger partial charge in [0.2, 0.25) is 10.0 Å². The minimum atomic E-state index is -4.28. The molecule has 0 radical (unpaired) electrons. The fourth-order valence-electron chi connectivity index (χ4n) is 3.12. The van der Waals surface area contributed by atoms with Gasteiger partial charge in [0, 0.05) is 13.1 Å². The van der Waals surface area contributed by atoms with Gasteiger partial charge in [-0.15, -0.1) is 0 Å². The van der Waals surface area contributed by atoms with E-state index in [9.17, 15) is 22.0 Å². The van der Waals surface area contributed by atoms with Gasteiger partial charge in [0.1, 0.15) is 17.4 Å². The van der Waals surface area contributed by atoms with Crippen molar-refractivity contribution in [3.63, 3.8) is 0 Å². The normalized spacial score (nSPS) is 24.6. The maximum Gasteiger partial charge on any atom is 0.330 e. The Bertz CT molecular complexity index is 1080. The zero-order valence-electron chi connectivity index (χ0n) is 14.6. The molecule has 1 aromatic heterocycles. The predicted molar refractivity (Wildman–Crippen MR) is 97.8 cm³/mol. The summed E-state index contributed by atoms with van der Waals surface area (Å²) in [5, 5.41) is 3.14. The molecule has 148 valence electrons. The van der Waals surface area contributed by atoms with Crippen LogP contribution in [0.1, 0.15) is 25.3 Å². The third kappa shape index (κ3) is 3.09. The van der Waals surface area contributed by atoms with Crippen LogP contribution in [0.2, 0.25) is 0 Å². The number of nitrogens with one attached hydrogen (secondary N) is 3. The molecule has 2 heterocycles. The van der Waals surface area contributed by atoms with Crippen molar-refractivity contribution in [2.45, 2.75) is 41.9 Å². The molecule has 1 aliphatic carbocycles. The van der Waals surface area contributed by atoms with E-state index < -0.39 is 44.1 Å². The van der Waals surface area contributed by atoms with Crippen LogP contribution < -0.4 is 20.5 Å². The molecule has 0 bridgehead atoms. The summed E-state index contributed by atoms with van der Waals surface area (Å²) in [6.07, 6.45) is 0.677. The second kappa shape index (κ2) is 6.27. The summed E-state index contributed by atoms with van der Waals surface area (Å²) in [6.45, 7) is 1.02. The summed E-state index contributed by atoms with van der Waals surface area (Å²) in [5.74, 6) is -0.990. The van der Waals surface area contributed by atoms with E-state index in [0.717, 1.165) is 12.1 Å². The Labute approximate surface area is 158 Å². The first-order chi connectivity index (χ1) is 12.7. The highest BCUT2D eigenvalue weighted by atomic mass is 32.2. The van der Waals surface area contributed by atoms with Crippen LogP contribution in [-0.4, -0.2) is 35.9 Å². The molecule has 2 unspecified atom stereocenters. The van der Waals surface area contributed by atoms with Crippen molar-refractivity contribution in [3.8, 4) is 0 Å². The number of hydrogen-bond acceptors (Lipinski definition) is 6. The molecule has 2 aliphatic rings. The minimum Gasteiger partial charge on any atom is -0.295 e. The van der Waals surface area contributed by atoms with Gasteiger partial charge in [-0.1, -0.05) is 0 Å². The number of alkyl halides is 1. The van der Waals surface area contributed by atoms with Crippen molar-refractivity contribution in [1.29, 1.82) is 0 Å². The van der Waals surface area contributed by atoms with E-state index in [-0.39, 0.29) is 17.2 Å². The second-order valence-corrected chi connectivity index (χ2v) is 9.55. The Kier molecular flexibility index (Phi) is 4.38. The number of imidazole rings is 1. The molecule has 2 aromatic rings. The fraction of sp³-hybridized carbons (Fsp3) is 0.533. The molecule has 2 fully saturated rings. The number of nitrogens with zero attached hydrogens (tertiary/aromatic N) is 2. The third-order valence-corrected chi connectivity index (χ3v) is 7.53. The third-order valence-electron chi connectivity index (χ3n) is 4.88. The molecule has 3 N–H and O–H groups in total. The summed E-state index contributed by atoms with van der Waals surface area (Å²) < 4.78 is 61.0. The molecule has 12 heteroatoms. The number of rotatable bonds is 5. The number of fused-ring (bicyclic) bond motifs is 1. The summed E-state index contributed by atoms with van der Waals surface area (Å²) in [5.41, 5.74) is -1.49. The number of benzene rings is 1. The van der Waals surface area contributed by atoms with Crippen LogP contribution in [0.25, 0.3) is 11.0 Å². The van der Waals surface area contributed by atoms with Gasteiger partial charge in [-0.3, -0.25) is 14.5 Å². The molecule has 1 aromatic carbocycles. The van der Waals surface area contributed by atoms with Crippen molar-refractivity contribution in [2.75, 3.05) is 6.67 Å². The van der Waals surface area contributed by atoms with Crippen LogP contribution in [0.5, 0.6) is 0 Å². The first-order valence-electron chi connectivity index (χ1n) is 8.35. The molecule has 0 amide bonds. The average Bonchev–Trinajstić information content (AvgIpc) is 3.17. The van der Waals surface area contributed by atoms with Gasteiger partial charge in [0.25, 0.3) is 0 Å². The average molecular weight is 419 g/mol. The van der Waals surface area contributed by atoms with Crippen molar-refractivity contribution < 1.29 is 17.2 Å². The Morgan fingerprint density at radius 2 is 2.07 bits per heavy atom. The van der Waals surface area contributed by atoms with Crippen LogP contribution >= 0.6 is 11.9 Å². The molecular weight excluding hydrogens is 400 g/mol. The molecule has 8 nitrogen and oxygen atoms in total. The lowest BCUT2D eigenvalue weighted by atomic mass is 10.3. The van der Waals surface area contributed by atoms with Gasteiger partial charge in [0.15, 0.2) is 5.50 Å². The SMILES string of the molecule is CC1NSC(n2c(=O)n(C)c3cc(F)c(S(=O)(=O)NC4(CF)CC4)cc32)N1. The molecule has 0 spiro atoms.